The van der Waals surface area contributed by atoms with Crippen LogP contribution < -0.4 is 4.90 Å². The molecule has 4 bridgehead atoms. The molecular weight excluding hydrogens is 344 g/mol. The van der Waals surface area contributed by atoms with Gasteiger partial charge in [0.1, 0.15) is 0 Å². The van der Waals surface area contributed by atoms with Gasteiger partial charge in [0, 0.05) is 42.5 Å². The molecule has 4 fully saturated rings. The van der Waals surface area contributed by atoms with Gasteiger partial charge in [-0.05, 0) is 68.9 Å². The summed E-state index contributed by atoms with van der Waals surface area (Å²) in [6, 6.07) is 11.0. The van der Waals surface area contributed by atoms with Crippen molar-refractivity contribution in [3.63, 3.8) is 0 Å². The second kappa shape index (κ2) is 7.82. The van der Waals surface area contributed by atoms with Crippen molar-refractivity contribution in [2.75, 3.05) is 11.9 Å². The fourth-order valence-electron chi connectivity index (χ4n) is 7.35. The molecule has 0 radical (unpaired) electrons. The first-order valence-electron chi connectivity index (χ1n) is 11.8. The molecule has 5 rings (SSSR count). The maximum Gasteiger partial charge on any atom is 0.152 e. The van der Waals surface area contributed by atoms with E-state index >= 15 is 0 Å². The normalized spacial score (nSPS) is 38.0. The number of aldehydes is 1. The minimum Gasteiger partial charge on any atom is -0.371 e. The molecule has 0 N–H and O–H groups in total. The summed E-state index contributed by atoms with van der Waals surface area (Å²) in [5.41, 5.74) is 1.94. The van der Waals surface area contributed by atoms with E-state index in [9.17, 15) is 4.79 Å². The largest absolute Gasteiger partial charge is 0.371 e. The van der Waals surface area contributed by atoms with Crippen LogP contribution in [0, 0.1) is 11.8 Å². The third-order valence-electron chi connectivity index (χ3n) is 8.52. The zero-order valence-corrected chi connectivity index (χ0v) is 17.4. The Hall–Kier alpha value is -1.35. The highest BCUT2D eigenvalue weighted by Gasteiger charge is 2.45. The lowest BCUT2D eigenvalue weighted by Gasteiger charge is -2.56. The molecule has 2 saturated carbocycles. The predicted octanol–water partition coefficient (Wildman–Crippen LogP) is 5.29. The molecule has 2 heterocycles. The molecule has 1 aromatic rings. The minimum absolute atomic E-state index is 0.566. The van der Waals surface area contributed by atoms with Gasteiger partial charge in [-0.25, -0.2) is 0 Å². The van der Waals surface area contributed by atoms with Crippen molar-refractivity contribution < 1.29 is 4.79 Å². The number of nitrogens with zero attached hydrogens (tertiary/aromatic N) is 2. The summed E-state index contributed by atoms with van der Waals surface area (Å²) >= 11 is 0. The lowest BCUT2D eigenvalue weighted by molar-refractivity contribution is -0.0405. The van der Waals surface area contributed by atoms with Gasteiger partial charge in [-0.1, -0.05) is 37.8 Å². The maximum atomic E-state index is 11.5. The summed E-state index contributed by atoms with van der Waals surface area (Å²) in [4.78, 5) is 17.0. The summed E-state index contributed by atoms with van der Waals surface area (Å²) in [7, 11) is 2.21. The van der Waals surface area contributed by atoms with Crippen LogP contribution in [0.15, 0.2) is 24.3 Å². The summed E-state index contributed by atoms with van der Waals surface area (Å²) in [6.07, 6.45) is 16.6. The molecule has 4 unspecified atom stereocenters. The standard InChI is InChI=1S/C25H36N2O/c1-26(25-11-3-2-8-20(25)17-28)23-15-21-9-5-10-22(16-23)27(21)24-13-18-6-4-7-19(12-18)14-24/h2-3,8,11,17-19,21-24H,4-7,9-10,12-16H2,1H3. The quantitative estimate of drug-likeness (QED) is 0.663. The molecule has 3 heteroatoms. The first kappa shape index (κ1) is 18.7. The first-order chi connectivity index (χ1) is 13.7. The second-order valence-corrected chi connectivity index (χ2v) is 10.1. The fourth-order valence-corrected chi connectivity index (χ4v) is 7.35. The van der Waals surface area contributed by atoms with Gasteiger partial charge >= 0.3 is 0 Å². The van der Waals surface area contributed by atoms with Crippen LogP contribution in [0.3, 0.4) is 0 Å². The molecule has 4 atom stereocenters. The van der Waals surface area contributed by atoms with Gasteiger partial charge in [-0.2, -0.15) is 0 Å². The van der Waals surface area contributed by atoms with E-state index in [1.807, 2.05) is 12.1 Å². The van der Waals surface area contributed by atoms with E-state index in [1.54, 1.807) is 0 Å². The van der Waals surface area contributed by atoms with Crippen LogP contribution in [-0.4, -0.2) is 42.4 Å². The average molecular weight is 381 g/mol. The molecule has 4 aliphatic rings. The molecule has 2 aliphatic carbocycles. The number of carbonyl (C=O) groups excluding carboxylic acids is 1. The minimum atomic E-state index is 0.566. The topological polar surface area (TPSA) is 23.6 Å². The number of fused-ring (bicyclic) bond motifs is 4. The van der Waals surface area contributed by atoms with E-state index in [2.05, 4.69) is 29.0 Å². The van der Waals surface area contributed by atoms with Crippen molar-refractivity contribution in [2.24, 2.45) is 11.8 Å². The zero-order chi connectivity index (χ0) is 19.1. The van der Waals surface area contributed by atoms with Crippen molar-refractivity contribution >= 4 is 12.0 Å². The molecule has 0 aromatic heterocycles. The van der Waals surface area contributed by atoms with Gasteiger partial charge in [-0.15, -0.1) is 0 Å². The van der Waals surface area contributed by atoms with Gasteiger partial charge in [0.2, 0.25) is 0 Å². The number of rotatable bonds is 4. The summed E-state index contributed by atoms with van der Waals surface area (Å²) in [5.74, 6) is 2.02. The number of carbonyl (C=O) groups is 1. The van der Waals surface area contributed by atoms with Crippen LogP contribution in [0.4, 0.5) is 5.69 Å². The Bertz CT molecular complexity index is 678. The monoisotopic (exact) mass is 380 g/mol. The van der Waals surface area contributed by atoms with Gasteiger partial charge in [0.25, 0.3) is 0 Å². The third-order valence-corrected chi connectivity index (χ3v) is 8.52. The van der Waals surface area contributed by atoms with Crippen LogP contribution in [0.25, 0.3) is 0 Å². The van der Waals surface area contributed by atoms with Crippen LogP contribution in [0.2, 0.25) is 0 Å². The first-order valence-corrected chi connectivity index (χ1v) is 11.8. The fraction of sp³-hybridized carbons (Fsp3) is 0.720. The Morgan fingerprint density at radius 1 is 0.857 bits per heavy atom. The summed E-state index contributed by atoms with van der Waals surface area (Å²) < 4.78 is 0. The van der Waals surface area contributed by atoms with Crippen LogP contribution in [-0.2, 0) is 0 Å². The van der Waals surface area contributed by atoms with Crippen LogP contribution in [0.1, 0.15) is 81.0 Å². The SMILES string of the molecule is CN(c1ccccc1C=O)C1CC2CCCC(C1)N2C1CC2CCCC(C2)C1. The van der Waals surface area contributed by atoms with E-state index < -0.39 is 0 Å². The molecule has 2 aliphatic heterocycles. The number of hydrogen-bond donors (Lipinski definition) is 0. The number of anilines is 1. The lowest BCUT2D eigenvalue weighted by atomic mass is 9.68. The number of para-hydroxylation sites is 1. The molecule has 0 amide bonds. The van der Waals surface area contributed by atoms with Crippen LogP contribution in [0.5, 0.6) is 0 Å². The van der Waals surface area contributed by atoms with Crippen molar-refractivity contribution in [3.05, 3.63) is 29.8 Å². The van der Waals surface area contributed by atoms with E-state index in [0.29, 0.717) is 6.04 Å². The number of benzene rings is 1. The van der Waals surface area contributed by atoms with Gasteiger partial charge in [0.05, 0.1) is 0 Å². The Kier molecular flexibility index (Phi) is 5.21. The Balaban J connectivity index is 1.33. The van der Waals surface area contributed by atoms with E-state index in [4.69, 9.17) is 0 Å². The second-order valence-electron chi connectivity index (χ2n) is 10.1. The molecule has 3 nitrogen and oxygen atoms in total. The van der Waals surface area contributed by atoms with Crippen molar-refractivity contribution in [3.8, 4) is 0 Å². The van der Waals surface area contributed by atoms with Crippen molar-refractivity contribution in [1.29, 1.82) is 0 Å². The third kappa shape index (κ3) is 3.40. The summed E-state index contributed by atoms with van der Waals surface area (Å²) in [6.45, 7) is 0. The van der Waals surface area contributed by atoms with Gasteiger partial charge in [0.15, 0.2) is 6.29 Å². The number of piperidine rings is 2. The highest BCUT2D eigenvalue weighted by atomic mass is 16.1. The lowest BCUT2D eigenvalue weighted by Crippen LogP contribution is -2.61. The molecule has 152 valence electrons. The van der Waals surface area contributed by atoms with Crippen molar-refractivity contribution in [2.45, 2.75) is 94.8 Å². The smallest absolute Gasteiger partial charge is 0.152 e. The van der Waals surface area contributed by atoms with Crippen molar-refractivity contribution in [1.82, 2.24) is 4.90 Å². The van der Waals surface area contributed by atoms with Crippen LogP contribution >= 0.6 is 0 Å². The van der Waals surface area contributed by atoms with Gasteiger partial charge < -0.3 is 4.90 Å². The maximum absolute atomic E-state index is 11.5. The average Bonchev–Trinajstić information content (AvgIpc) is 2.72. The molecule has 1 aromatic carbocycles. The Morgan fingerprint density at radius 2 is 1.50 bits per heavy atom. The van der Waals surface area contributed by atoms with E-state index in [0.717, 1.165) is 47.5 Å². The molecule has 2 saturated heterocycles. The highest BCUT2D eigenvalue weighted by Crippen LogP contribution is 2.46. The Morgan fingerprint density at radius 3 is 2.18 bits per heavy atom. The van der Waals surface area contributed by atoms with E-state index in [-0.39, 0.29) is 0 Å². The predicted molar refractivity (Wildman–Crippen MR) is 115 cm³/mol. The molecule has 0 spiro atoms. The highest BCUT2D eigenvalue weighted by molar-refractivity contribution is 5.84. The zero-order valence-electron chi connectivity index (χ0n) is 17.4. The van der Waals surface area contributed by atoms with Gasteiger partial charge in [-0.3, -0.25) is 9.69 Å². The number of hydrogen-bond acceptors (Lipinski definition) is 3. The van der Waals surface area contributed by atoms with E-state index in [1.165, 1.54) is 70.6 Å². The molecule has 28 heavy (non-hydrogen) atoms. The Labute approximate surface area is 170 Å². The molecular formula is C25H36N2O. The summed E-state index contributed by atoms with van der Waals surface area (Å²) in [5, 5.41) is 0.